The molecule has 5 nitrogen and oxygen atoms in total. The Morgan fingerprint density at radius 1 is 1.45 bits per heavy atom. The van der Waals surface area contributed by atoms with E-state index in [9.17, 15) is 13.2 Å². The number of aryl methyl sites for hydroxylation is 1. The maximum atomic E-state index is 12.4. The number of aromatic carboxylic acids is 1. The number of sulfonamides is 1. The van der Waals surface area contributed by atoms with E-state index in [-0.39, 0.29) is 15.8 Å². The van der Waals surface area contributed by atoms with Crippen molar-refractivity contribution in [3.8, 4) is 0 Å². The third-order valence-electron chi connectivity index (χ3n) is 3.82. The van der Waals surface area contributed by atoms with E-state index in [1.165, 1.54) is 6.07 Å². The normalized spacial score (nSPS) is 18.3. The summed E-state index contributed by atoms with van der Waals surface area (Å²) in [5.41, 5.74) is 0. The summed E-state index contributed by atoms with van der Waals surface area (Å²) >= 11 is 0.990. The Hall–Kier alpha value is -0.920. The van der Waals surface area contributed by atoms with Gasteiger partial charge in [-0.25, -0.2) is 17.9 Å². The van der Waals surface area contributed by atoms with Gasteiger partial charge in [0.05, 0.1) is 4.90 Å². The topological polar surface area (TPSA) is 83.5 Å². The van der Waals surface area contributed by atoms with Crippen molar-refractivity contribution >= 4 is 27.3 Å². The van der Waals surface area contributed by atoms with Crippen LogP contribution in [-0.2, 0) is 10.0 Å². The first-order valence-corrected chi connectivity index (χ1v) is 8.97. The van der Waals surface area contributed by atoms with Crippen LogP contribution in [0.25, 0.3) is 0 Å². The lowest BCUT2D eigenvalue weighted by atomic mass is 10.0. The molecule has 0 amide bonds. The van der Waals surface area contributed by atoms with Crippen LogP contribution in [0.1, 0.15) is 47.2 Å². The van der Waals surface area contributed by atoms with Gasteiger partial charge in [0.1, 0.15) is 4.88 Å². The number of rotatable bonds is 5. The van der Waals surface area contributed by atoms with Gasteiger partial charge in [0.25, 0.3) is 0 Å². The average Bonchev–Trinajstić information content (AvgIpc) is 2.96. The summed E-state index contributed by atoms with van der Waals surface area (Å²) < 4.78 is 27.4. The van der Waals surface area contributed by atoms with E-state index in [4.69, 9.17) is 5.11 Å². The second kappa shape index (κ2) is 5.83. The highest BCUT2D eigenvalue weighted by Crippen LogP contribution is 2.30. The molecule has 1 atom stereocenters. The van der Waals surface area contributed by atoms with Gasteiger partial charge in [-0.2, -0.15) is 0 Å². The van der Waals surface area contributed by atoms with Gasteiger partial charge in [-0.05, 0) is 38.7 Å². The van der Waals surface area contributed by atoms with Crippen molar-refractivity contribution in [3.63, 3.8) is 0 Å². The van der Waals surface area contributed by atoms with Crippen LogP contribution in [0.15, 0.2) is 11.0 Å². The molecule has 0 radical (unpaired) electrons. The molecule has 1 aliphatic carbocycles. The Morgan fingerprint density at radius 2 is 2.05 bits per heavy atom. The van der Waals surface area contributed by atoms with Crippen molar-refractivity contribution in [2.75, 3.05) is 0 Å². The molecule has 1 heterocycles. The van der Waals surface area contributed by atoms with Crippen LogP contribution in [0.3, 0.4) is 0 Å². The van der Waals surface area contributed by atoms with E-state index in [2.05, 4.69) is 4.72 Å². The summed E-state index contributed by atoms with van der Waals surface area (Å²) in [5, 5.41) is 8.94. The predicted octanol–water partition coefficient (Wildman–Crippen LogP) is 2.61. The molecule has 2 N–H and O–H groups in total. The quantitative estimate of drug-likeness (QED) is 0.874. The van der Waals surface area contributed by atoms with Crippen molar-refractivity contribution in [1.82, 2.24) is 4.72 Å². The van der Waals surface area contributed by atoms with E-state index < -0.39 is 16.0 Å². The molecule has 7 heteroatoms. The number of carboxylic acid groups (broad SMARTS) is 1. The first-order valence-electron chi connectivity index (χ1n) is 6.67. The van der Waals surface area contributed by atoms with Crippen molar-refractivity contribution in [2.45, 2.75) is 50.5 Å². The van der Waals surface area contributed by atoms with Crippen molar-refractivity contribution in [3.05, 3.63) is 15.8 Å². The van der Waals surface area contributed by atoms with Crippen molar-refractivity contribution < 1.29 is 18.3 Å². The number of thiophene rings is 1. The summed E-state index contributed by atoms with van der Waals surface area (Å²) in [6.07, 6.45) is 4.40. The Balaban J connectivity index is 2.19. The molecule has 0 aliphatic heterocycles. The van der Waals surface area contributed by atoms with Gasteiger partial charge in [0.15, 0.2) is 0 Å². The minimum Gasteiger partial charge on any atom is -0.477 e. The molecular weight excluding hydrogens is 298 g/mol. The van der Waals surface area contributed by atoms with Crippen LogP contribution in [0.2, 0.25) is 0 Å². The zero-order valence-electron chi connectivity index (χ0n) is 11.5. The number of hydrogen-bond acceptors (Lipinski definition) is 4. The second-order valence-electron chi connectivity index (χ2n) is 5.29. The van der Waals surface area contributed by atoms with Gasteiger partial charge in [0.2, 0.25) is 10.0 Å². The fourth-order valence-corrected chi connectivity index (χ4v) is 5.44. The highest BCUT2D eigenvalue weighted by molar-refractivity contribution is 7.89. The molecule has 0 unspecified atom stereocenters. The Bertz CT molecular complexity index is 600. The standard InChI is InChI=1S/C13H19NO4S2/c1-8(10-5-3-4-6-10)14-20(17,18)12-7-11(13(15)16)19-9(12)2/h7-8,10,14H,3-6H2,1-2H3,(H,15,16)/t8-/m0/s1. The van der Waals surface area contributed by atoms with Crippen molar-refractivity contribution in [2.24, 2.45) is 5.92 Å². The zero-order chi connectivity index (χ0) is 14.9. The van der Waals surface area contributed by atoms with Crippen LogP contribution < -0.4 is 4.72 Å². The Kier molecular flexibility index (Phi) is 4.51. The van der Waals surface area contributed by atoms with Crippen LogP contribution in [0.4, 0.5) is 0 Å². The average molecular weight is 317 g/mol. The van der Waals surface area contributed by atoms with E-state index >= 15 is 0 Å². The highest BCUT2D eigenvalue weighted by Gasteiger charge is 2.28. The fourth-order valence-electron chi connectivity index (χ4n) is 2.70. The number of hydrogen-bond donors (Lipinski definition) is 2. The van der Waals surface area contributed by atoms with Gasteiger partial charge in [-0.3, -0.25) is 0 Å². The van der Waals surface area contributed by atoms with Crippen LogP contribution in [-0.4, -0.2) is 25.5 Å². The summed E-state index contributed by atoms with van der Waals surface area (Å²) in [6.45, 7) is 3.51. The van der Waals surface area contributed by atoms with E-state index in [1.807, 2.05) is 6.92 Å². The maximum Gasteiger partial charge on any atom is 0.345 e. The minimum atomic E-state index is -3.64. The van der Waals surface area contributed by atoms with E-state index in [0.29, 0.717) is 10.8 Å². The molecule has 1 aromatic heterocycles. The molecule has 1 saturated carbocycles. The van der Waals surface area contributed by atoms with Gasteiger partial charge in [-0.15, -0.1) is 11.3 Å². The van der Waals surface area contributed by atoms with Gasteiger partial charge >= 0.3 is 5.97 Å². The van der Waals surface area contributed by atoms with E-state index in [0.717, 1.165) is 37.0 Å². The van der Waals surface area contributed by atoms with Crippen LogP contribution in [0, 0.1) is 12.8 Å². The first-order chi connectivity index (χ1) is 9.31. The van der Waals surface area contributed by atoms with Gasteiger partial charge in [-0.1, -0.05) is 12.8 Å². The van der Waals surface area contributed by atoms with Gasteiger partial charge in [0, 0.05) is 10.9 Å². The molecule has 20 heavy (non-hydrogen) atoms. The number of carbonyl (C=O) groups is 1. The summed E-state index contributed by atoms with van der Waals surface area (Å²) in [6, 6.07) is 1.13. The molecule has 0 spiro atoms. The second-order valence-corrected chi connectivity index (χ2v) is 8.23. The molecule has 112 valence electrons. The lowest BCUT2D eigenvalue weighted by molar-refractivity contribution is 0.0702. The number of nitrogens with one attached hydrogen (secondary N) is 1. The lowest BCUT2D eigenvalue weighted by Gasteiger charge is -2.20. The monoisotopic (exact) mass is 317 g/mol. The fraction of sp³-hybridized carbons (Fsp3) is 0.615. The lowest BCUT2D eigenvalue weighted by Crippen LogP contribution is -2.37. The predicted molar refractivity (Wildman–Crippen MR) is 77.8 cm³/mol. The van der Waals surface area contributed by atoms with Crippen molar-refractivity contribution in [1.29, 1.82) is 0 Å². The Labute approximate surface area is 123 Å². The molecule has 1 aliphatic rings. The smallest absolute Gasteiger partial charge is 0.345 e. The van der Waals surface area contributed by atoms with Crippen LogP contribution >= 0.6 is 11.3 Å². The molecule has 1 aromatic rings. The number of carboxylic acids is 1. The van der Waals surface area contributed by atoms with E-state index in [1.54, 1.807) is 6.92 Å². The molecule has 0 aromatic carbocycles. The summed E-state index contributed by atoms with van der Waals surface area (Å²) in [4.78, 5) is 11.6. The molecular formula is C13H19NO4S2. The maximum absolute atomic E-state index is 12.4. The highest BCUT2D eigenvalue weighted by atomic mass is 32.2. The summed E-state index contributed by atoms with van der Waals surface area (Å²) in [7, 11) is -3.64. The third kappa shape index (κ3) is 3.21. The van der Waals surface area contributed by atoms with Gasteiger partial charge < -0.3 is 5.11 Å². The molecule has 0 saturated heterocycles. The van der Waals surface area contributed by atoms with Crippen LogP contribution in [0.5, 0.6) is 0 Å². The molecule has 1 fully saturated rings. The SMILES string of the molecule is Cc1sc(C(=O)O)cc1S(=O)(=O)N[C@@H](C)C1CCCC1. The molecule has 2 rings (SSSR count). The third-order valence-corrected chi connectivity index (χ3v) is 6.67. The first kappa shape index (κ1) is 15.5. The minimum absolute atomic E-state index is 0.0522. The Morgan fingerprint density at radius 3 is 2.55 bits per heavy atom. The summed E-state index contributed by atoms with van der Waals surface area (Å²) in [5.74, 6) is -0.717. The zero-order valence-corrected chi connectivity index (χ0v) is 13.2. The molecule has 0 bridgehead atoms. The largest absolute Gasteiger partial charge is 0.477 e.